The van der Waals surface area contributed by atoms with Gasteiger partial charge in [-0.3, -0.25) is 67.8 Å². The third-order valence-corrected chi connectivity index (χ3v) is 13.9. The summed E-state index contributed by atoms with van der Waals surface area (Å²) in [5.41, 5.74) is 6.53. The van der Waals surface area contributed by atoms with Crippen molar-refractivity contribution in [3.05, 3.63) is 47.5 Å². The molecule has 5 rings (SSSR count). The number of benzene rings is 2. The third-order valence-electron chi connectivity index (χ3n) is 13.9. The van der Waals surface area contributed by atoms with Gasteiger partial charge in [0.05, 0.1) is 38.2 Å². The molecular formula is C49H76BN13O14. The number of carbonyl (C=O) groups excluding carboxylic acids is 5. The number of guanidine groups is 1. The van der Waals surface area contributed by atoms with Gasteiger partial charge >= 0.3 is 25.0 Å². The number of hydrogen-bond acceptors (Lipinski definition) is 17. The summed E-state index contributed by atoms with van der Waals surface area (Å²) in [6.07, 6.45) is -0.292. The second-order valence-electron chi connectivity index (χ2n) is 19.9. The van der Waals surface area contributed by atoms with Gasteiger partial charge in [0, 0.05) is 130 Å². The number of carboxylic acid groups (broad SMARTS) is 3. The number of piperazine rings is 1. The number of amides is 5. The van der Waals surface area contributed by atoms with Crippen LogP contribution in [0, 0.1) is 0 Å². The van der Waals surface area contributed by atoms with E-state index in [-0.39, 0.29) is 122 Å². The van der Waals surface area contributed by atoms with Crippen LogP contribution in [0.5, 0.6) is 0 Å². The number of aliphatic imine (C=N–C) groups is 1. The van der Waals surface area contributed by atoms with Crippen LogP contribution in [0.3, 0.4) is 0 Å². The van der Waals surface area contributed by atoms with Crippen molar-refractivity contribution in [2.75, 3.05) is 145 Å². The molecule has 3 saturated heterocycles. The Kier molecular flexibility index (Phi) is 23.8. The number of carboxylic acids is 3. The van der Waals surface area contributed by atoms with E-state index < -0.39 is 66.9 Å². The number of hydrogen-bond donors (Lipinski definition) is 10. The molecule has 424 valence electrons. The van der Waals surface area contributed by atoms with Crippen molar-refractivity contribution < 1.29 is 68.8 Å². The molecule has 3 aliphatic heterocycles. The van der Waals surface area contributed by atoms with E-state index in [4.69, 9.17) is 5.73 Å². The minimum absolute atomic E-state index is 0.0146. The van der Waals surface area contributed by atoms with Gasteiger partial charge in [0.1, 0.15) is 12.1 Å². The lowest BCUT2D eigenvalue weighted by Gasteiger charge is -2.37. The number of β-amino-alcohol motifs (C(OH)–C–C–N with tert-alkyl or cyclic N) is 1. The van der Waals surface area contributed by atoms with Crippen LogP contribution >= 0.6 is 0 Å². The molecule has 0 radical (unpaired) electrons. The first kappa shape index (κ1) is 61.3. The fourth-order valence-electron chi connectivity index (χ4n) is 9.61. The first-order valence-corrected chi connectivity index (χ1v) is 25.9. The van der Waals surface area contributed by atoms with Crippen molar-refractivity contribution in [1.82, 2.24) is 55.1 Å². The van der Waals surface area contributed by atoms with Crippen LogP contribution in [0.2, 0.25) is 0 Å². The van der Waals surface area contributed by atoms with Crippen molar-refractivity contribution in [2.45, 2.75) is 50.3 Å². The lowest BCUT2D eigenvalue weighted by molar-refractivity contribution is -0.140. The summed E-state index contributed by atoms with van der Waals surface area (Å²) >= 11 is 0. The fraction of sp³-hybridized carbons (Fsp3) is 0.612. The summed E-state index contributed by atoms with van der Waals surface area (Å²) in [6.45, 7) is 4.63. The number of nitrogens with one attached hydrogen (secondary N) is 3. The zero-order valence-corrected chi connectivity index (χ0v) is 44.2. The molecule has 0 bridgehead atoms. The molecule has 5 amide bonds. The van der Waals surface area contributed by atoms with Crippen LogP contribution < -0.4 is 21.7 Å². The Morgan fingerprint density at radius 3 is 1.65 bits per heavy atom. The highest BCUT2D eigenvalue weighted by Crippen LogP contribution is 2.24. The number of nitrogens with zero attached hydrogens (tertiary/aromatic N) is 9. The van der Waals surface area contributed by atoms with Crippen LogP contribution in [-0.2, 0) is 28.8 Å². The van der Waals surface area contributed by atoms with Gasteiger partial charge in [-0.1, -0.05) is 24.3 Å². The Balaban J connectivity index is 1.18. The third kappa shape index (κ3) is 19.2. The molecule has 3 heterocycles. The lowest BCUT2D eigenvalue weighted by atomic mass is 9.77. The number of likely N-dealkylation sites (tertiary alicyclic amines) is 1. The smallest absolute Gasteiger partial charge is 0.475 e. The average Bonchev–Trinajstić information content (AvgIpc) is 3.78. The molecule has 28 heteroatoms. The quantitative estimate of drug-likeness (QED) is 0.0230. The van der Waals surface area contributed by atoms with E-state index in [9.17, 15) is 68.8 Å². The maximum absolute atomic E-state index is 14.2. The largest absolute Gasteiger partial charge is 0.480 e. The second-order valence-corrected chi connectivity index (χ2v) is 19.9. The Morgan fingerprint density at radius 2 is 1.17 bits per heavy atom. The maximum atomic E-state index is 14.2. The van der Waals surface area contributed by atoms with Crippen LogP contribution in [0.15, 0.2) is 41.4 Å². The first-order chi connectivity index (χ1) is 36.6. The minimum Gasteiger partial charge on any atom is -0.480 e. The normalized spacial score (nSPS) is 19.8. The topological polar surface area (TPSA) is 358 Å². The lowest BCUT2D eigenvalue weighted by Crippen LogP contribution is -2.56. The van der Waals surface area contributed by atoms with Crippen molar-refractivity contribution >= 4 is 71.3 Å². The standard InChI is InChI=1S/C49H76BN13O14/c1-33(47(74)63-28-34(64)27-40(63)50(76)77)54-46(73)38-11-10-37(35-7-4-5-8-36(35)38)45(72)52-13-14-57-23-25-62(26-24-57)48(75)39(9-6-12-53-49(51)56(2)3)55-41(65)29-58-15-17-59(30-42(66)67)19-21-61(32-44(70)71)22-20-60(18-16-58)31-43(68)69/h4-5,7-8,10-11,33-34,39-40,64,76-77H,6,9,12-32H2,1-3H3,(H2,51,53)(H,52,72)(H,54,73)(H,55,65)(H,66,67)(H,68,69)(H,70,71)/t33-,34+,39+,40+/m1/s1. The van der Waals surface area contributed by atoms with Crippen molar-refractivity contribution in [2.24, 2.45) is 10.7 Å². The summed E-state index contributed by atoms with van der Waals surface area (Å²) < 4.78 is 0. The minimum atomic E-state index is -1.86. The number of nitrogens with two attached hydrogens (primary N) is 1. The van der Waals surface area contributed by atoms with Crippen molar-refractivity contribution in [3.63, 3.8) is 0 Å². The number of aliphatic hydroxyl groups is 1. The average molecular weight is 1080 g/mol. The van der Waals surface area contributed by atoms with E-state index in [2.05, 4.69) is 25.8 Å². The number of fused-ring (bicyclic) bond motifs is 1. The molecule has 11 N–H and O–H groups in total. The van der Waals surface area contributed by atoms with E-state index in [0.29, 0.717) is 68.0 Å². The highest BCUT2D eigenvalue weighted by atomic mass is 16.4. The molecule has 2 aromatic rings. The van der Waals surface area contributed by atoms with Crippen LogP contribution in [0.1, 0.15) is 46.9 Å². The molecule has 3 fully saturated rings. The molecule has 0 spiro atoms. The van der Waals surface area contributed by atoms with Gasteiger partial charge in [0.2, 0.25) is 17.7 Å². The van der Waals surface area contributed by atoms with Crippen LogP contribution in [0.4, 0.5) is 0 Å². The molecule has 27 nitrogen and oxygen atoms in total. The molecule has 3 aliphatic rings. The molecule has 0 aromatic heterocycles. The molecular weight excluding hydrogens is 1010 g/mol. The van der Waals surface area contributed by atoms with E-state index in [1.807, 2.05) is 0 Å². The Morgan fingerprint density at radius 1 is 0.688 bits per heavy atom. The van der Waals surface area contributed by atoms with Crippen molar-refractivity contribution in [3.8, 4) is 0 Å². The molecule has 0 unspecified atom stereocenters. The number of carbonyl (C=O) groups is 8. The summed E-state index contributed by atoms with van der Waals surface area (Å²) in [5, 5.41) is 67.8. The summed E-state index contributed by atoms with van der Waals surface area (Å²) in [7, 11) is 1.64. The van der Waals surface area contributed by atoms with Crippen LogP contribution in [0.25, 0.3) is 10.8 Å². The van der Waals surface area contributed by atoms with E-state index in [1.165, 1.54) is 19.1 Å². The van der Waals surface area contributed by atoms with Gasteiger partial charge in [-0.25, -0.2) is 0 Å². The fourth-order valence-corrected chi connectivity index (χ4v) is 9.61. The zero-order chi connectivity index (χ0) is 56.3. The predicted molar refractivity (Wildman–Crippen MR) is 283 cm³/mol. The SMILES string of the molecule is C[C@@H](NC(=O)c1ccc(C(=O)NCCN2CCN(C(=O)[C@H](CCCN=C(N)N(C)C)NC(=O)CN3CCN(CC(=O)O)CCN(CC(=O)O)CCN(CC(=O)O)CC3)CC2)c2ccccc12)C(=O)N1C[C@@H](O)C[C@H]1B(O)O. The van der Waals surface area contributed by atoms with E-state index in [1.54, 1.807) is 67.8 Å². The Labute approximate surface area is 447 Å². The number of aliphatic hydroxyl groups excluding tert-OH is 1. The van der Waals surface area contributed by atoms with Gasteiger partial charge < -0.3 is 66.9 Å². The maximum Gasteiger partial charge on any atom is 0.475 e. The van der Waals surface area contributed by atoms with Gasteiger partial charge in [-0.2, -0.15) is 0 Å². The summed E-state index contributed by atoms with van der Waals surface area (Å²) in [4.78, 5) is 121. The van der Waals surface area contributed by atoms with E-state index in [0.717, 1.165) is 4.90 Å². The number of rotatable bonds is 22. The highest BCUT2D eigenvalue weighted by molar-refractivity contribution is 6.43. The molecule has 0 saturated carbocycles. The van der Waals surface area contributed by atoms with Gasteiger partial charge in [0.15, 0.2) is 5.96 Å². The summed E-state index contributed by atoms with van der Waals surface area (Å²) in [6, 6.07) is 7.88. The molecule has 0 aliphatic carbocycles. The van der Waals surface area contributed by atoms with Gasteiger partial charge in [0.25, 0.3) is 11.8 Å². The molecule has 4 atom stereocenters. The van der Waals surface area contributed by atoms with E-state index >= 15 is 0 Å². The highest BCUT2D eigenvalue weighted by Gasteiger charge is 2.42. The zero-order valence-electron chi connectivity index (χ0n) is 44.2. The first-order valence-electron chi connectivity index (χ1n) is 25.9. The summed E-state index contributed by atoms with van der Waals surface area (Å²) in [5.74, 6) is -6.23. The van der Waals surface area contributed by atoms with Gasteiger partial charge in [-0.15, -0.1) is 0 Å². The monoisotopic (exact) mass is 1080 g/mol. The van der Waals surface area contributed by atoms with Crippen LogP contribution in [-0.4, -0.2) is 299 Å². The van der Waals surface area contributed by atoms with Gasteiger partial charge in [-0.05, 0) is 49.1 Å². The second kappa shape index (κ2) is 29.8. The predicted octanol–water partition coefficient (Wildman–Crippen LogP) is -4.58. The Bertz CT molecular complexity index is 2380. The molecule has 2 aromatic carbocycles. The Hall–Kier alpha value is -6.53. The number of aliphatic carboxylic acids is 3. The molecule has 77 heavy (non-hydrogen) atoms. The van der Waals surface area contributed by atoms with Crippen molar-refractivity contribution in [1.29, 1.82) is 0 Å².